The maximum absolute atomic E-state index is 5.53. The van der Waals surface area contributed by atoms with Crippen molar-refractivity contribution in [2.75, 3.05) is 6.54 Å². The standard InChI is InChI=1S/C17H25N3S/c1-6-8-9-19-17(20-18)21-14(5)15-10-12(3)16(7-2)13(4)11-15/h7,10-11H,2,5-6,8-9,18H2,1,3-4H3,(H,19,20). The zero-order valence-electron chi connectivity index (χ0n) is 13.2. The fourth-order valence-corrected chi connectivity index (χ4v) is 2.76. The second-order valence-electron chi connectivity index (χ2n) is 4.94. The van der Waals surface area contributed by atoms with E-state index in [2.05, 4.69) is 56.5 Å². The summed E-state index contributed by atoms with van der Waals surface area (Å²) in [5.74, 6) is 5.53. The molecule has 0 bridgehead atoms. The van der Waals surface area contributed by atoms with E-state index in [0.717, 1.165) is 29.9 Å². The largest absolute Gasteiger partial charge is 0.303 e. The van der Waals surface area contributed by atoms with Gasteiger partial charge in [0.25, 0.3) is 0 Å². The topological polar surface area (TPSA) is 50.4 Å². The van der Waals surface area contributed by atoms with Crippen LogP contribution in [0.4, 0.5) is 0 Å². The molecule has 114 valence electrons. The summed E-state index contributed by atoms with van der Waals surface area (Å²) in [5, 5.41) is 0.705. The summed E-state index contributed by atoms with van der Waals surface area (Å²) in [6.07, 6.45) is 4.07. The Labute approximate surface area is 132 Å². The number of nitrogens with two attached hydrogens (primary N) is 1. The van der Waals surface area contributed by atoms with Crippen molar-refractivity contribution in [3.63, 3.8) is 0 Å². The summed E-state index contributed by atoms with van der Waals surface area (Å²) >= 11 is 1.47. The molecule has 0 spiro atoms. The Morgan fingerprint density at radius 2 is 2.00 bits per heavy atom. The lowest BCUT2D eigenvalue weighted by atomic mass is 9.99. The molecular formula is C17H25N3S. The third kappa shape index (κ3) is 5.06. The van der Waals surface area contributed by atoms with E-state index < -0.39 is 0 Å². The normalized spacial score (nSPS) is 11.3. The first-order chi connectivity index (χ1) is 10.0. The summed E-state index contributed by atoms with van der Waals surface area (Å²) in [7, 11) is 0. The number of benzene rings is 1. The van der Waals surface area contributed by atoms with Crippen molar-refractivity contribution in [1.82, 2.24) is 5.43 Å². The van der Waals surface area contributed by atoms with Gasteiger partial charge in [-0.1, -0.05) is 56.5 Å². The lowest BCUT2D eigenvalue weighted by Crippen LogP contribution is -2.28. The molecule has 0 unspecified atom stereocenters. The van der Waals surface area contributed by atoms with Crippen LogP contribution in [0.25, 0.3) is 11.0 Å². The van der Waals surface area contributed by atoms with Crippen LogP contribution in [0.1, 0.15) is 42.0 Å². The molecule has 1 aromatic rings. The highest BCUT2D eigenvalue weighted by molar-refractivity contribution is 8.21. The Hall–Kier alpha value is -1.52. The van der Waals surface area contributed by atoms with Gasteiger partial charge >= 0.3 is 0 Å². The molecule has 0 aromatic heterocycles. The highest BCUT2D eigenvalue weighted by Gasteiger charge is 2.08. The number of aryl methyl sites for hydroxylation is 2. The number of aliphatic imine (C=N–C) groups is 1. The zero-order valence-corrected chi connectivity index (χ0v) is 14.0. The molecule has 0 aliphatic rings. The predicted octanol–water partition coefficient (Wildman–Crippen LogP) is 4.27. The van der Waals surface area contributed by atoms with Gasteiger partial charge in [-0.2, -0.15) is 0 Å². The third-order valence-electron chi connectivity index (χ3n) is 3.23. The molecule has 0 atom stereocenters. The number of hydrogen-bond acceptors (Lipinski definition) is 3. The van der Waals surface area contributed by atoms with Gasteiger partial charge in [-0.15, -0.1) is 0 Å². The van der Waals surface area contributed by atoms with E-state index in [1.54, 1.807) is 0 Å². The number of nitrogens with zero attached hydrogens (tertiary/aromatic N) is 1. The van der Waals surface area contributed by atoms with Gasteiger partial charge in [0.1, 0.15) is 0 Å². The molecule has 0 fully saturated rings. The van der Waals surface area contributed by atoms with E-state index >= 15 is 0 Å². The summed E-state index contributed by atoms with van der Waals surface area (Å²) in [6.45, 7) is 15.1. The Bertz CT molecular complexity index is 524. The molecule has 0 saturated carbocycles. The smallest absolute Gasteiger partial charge is 0.175 e. The van der Waals surface area contributed by atoms with Crippen molar-refractivity contribution in [3.8, 4) is 0 Å². The minimum atomic E-state index is 0.705. The monoisotopic (exact) mass is 303 g/mol. The van der Waals surface area contributed by atoms with Gasteiger partial charge in [-0.05, 0) is 42.5 Å². The Kier molecular flexibility index (Phi) is 7.26. The molecule has 1 rings (SSSR count). The number of thioether (sulfide) groups is 1. The number of unbranched alkanes of at least 4 members (excludes halogenated alkanes) is 1. The zero-order chi connectivity index (χ0) is 15.8. The average molecular weight is 303 g/mol. The van der Waals surface area contributed by atoms with Crippen molar-refractivity contribution in [2.24, 2.45) is 10.8 Å². The lowest BCUT2D eigenvalue weighted by Gasteiger charge is -2.12. The van der Waals surface area contributed by atoms with E-state index in [1.807, 2.05) is 6.08 Å². The first-order valence-corrected chi connectivity index (χ1v) is 7.97. The van der Waals surface area contributed by atoms with Crippen molar-refractivity contribution in [1.29, 1.82) is 0 Å². The van der Waals surface area contributed by atoms with Crippen LogP contribution >= 0.6 is 11.8 Å². The van der Waals surface area contributed by atoms with Crippen molar-refractivity contribution in [3.05, 3.63) is 47.5 Å². The number of nitrogens with one attached hydrogen (secondary N) is 1. The van der Waals surface area contributed by atoms with Gasteiger partial charge in [0.05, 0.1) is 0 Å². The average Bonchev–Trinajstić information content (AvgIpc) is 2.45. The van der Waals surface area contributed by atoms with E-state index in [0.29, 0.717) is 5.17 Å². The van der Waals surface area contributed by atoms with E-state index in [1.165, 1.54) is 28.5 Å². The van der Waals surface area contributed by atoms with Crippen LogP contribution in [0.15, 0.2) is 30.3 Å². The molecule has 0 radical (unpaired) electrons. The fourth-order valence-electron chi connectivity index (χ4n) is 2.08. The number of rotatable bonds is 6. The predicted molar refractivity (Wildman–Crippen MR) is 97.2 cm³/mol. The maximum atomic E-state index is 5.53. The van der Waals surface area contributed by atoms with Crippen molar-refractivity contribution >= 4 is 27.9 Å². The Morgan fingerprint density at radius 1 is 1.38 bits per heavy atom. The summed E-state index contributed by atoms with van der Waals surface area (Å²) in [6, 6.07) is 4.25. The summed E-state index contributed by atoms with van der Waals surface area (Å²) in [5.41, 5.74) is 7.33. The number of amidine groups is 1. The van der Waals surface area contributed by atoms with Crippen molar-refractivity contribution < 1.29 is 0 Å². The SMILES string of the molecule is C=Cc1c(C)cc(C(=C)SC(=NCCCC)NN)cc1C. The molecule has 21 heavy (non-hydrogen) atoms. The number of hydrazine groups is 1. The van der Waals surface area contributed by atoms with Crippen LogP contribution in [0.3, 0.4) is 0 Å². The van der Waals surface area contributed by atoms with Gasteiger partial charge in [-0.3, -0.25) is 4.99 Å². The molecule has 0 aliphatic heterocycles. The molecule has 1 aromatic carbocycles. The van der Waals surface area contributed by atoms with Gasteiger partial charge in [-0.25, -0.2) is 5.84 Å². The molecule has 3 N–H and O–H groups in total. The minimum absolute atomic E-state index is 0.705. The summed E-state index contributed by atoms with van der Waals surface area (Å²) < 4.78 is 0. The maximum Gasteiger partial charge on any atom is 0.175 e. The molecule has 3 nitrogen and oxygen atoms in total. The Balaban J connectivity index is 2.88. The quantitative estimate of drug-likeness (QED) is 0.271. The van der Waals surface area contributed by atoms with Crippen LogP contribution < -0.4 is 11.3 Å². The van der Waals surface area contributed by atoms with Crippen LogP contribution in [0, 0.1) is 13.8 Å². The van der Waals surface area contributed by atoms with E-state index in [-0.39, 0.29) is 0 Å². The second kappa shape index (κ2) is 8.70. The van der Waals surface area contributed by atoms with Crippen LogP contribution in [0.5, 0.6) is 0 Å². The first kappa shape index (κ1) is 17.5. The minimum Gasteiger partial charge on any atom is -0.303 e. The molecule has 0 amide bonds. The summed E-state index contributed by atoms with van der Waals surface area (Å²) in [4.78, 5) is 5.38. The van der Waals surface area contributed by atoms with Crippen molar-refractivity contribution in [2.45, 2.75) is 33.6 Å². The number of hydrogen-bond donors (Lipinski definition) is 2. The molecule has 4 heteroatoms. The lowest BCUT2D eigenvalue weighted by molar-refractivity contribution is 0.804. The highest BCUT2D eigenvalue weighted by atomic mass is 32.2. The second-order valence-corrected chi connectivity index (χ2v) is 6.02. The van der Waals surface area contributed by atoms with Gasteiger partial charge in [0.15, 0.2) is 5.17 Å². The molecular weight excluding hydrogens is 278 g/mol. The third-order valence-corrected chi connectivity index (χ3v) is 4.15. The molecule has 0 aliphatic carbocycles. The van der Waals surface area contributed by atoms with Gasteiger partial charge < -0.3 is 5.43 Å². The van der Waals surface area contributed by atoms with Crippen LogP contribution in [-0.4, -0.2) is 11.7 Å². The van der Waals surface area contributed by atoms with Gasteiger partial charge in [0.2, 0.25) is 0 Å². The van der Waals surface area contributed by atoms with E-state index in [4.69, 9.17) is 5.84 Å². The Morgan fingerprint density at radius 3 is 2.48 bits per heavy atom. The van der Waals surface area contributed by atoms with E-state index in [9.17, 15) is 0 Å². The molecule has 0 saturated heterocycles. The van der Waals surface area contributed by atoms with Crippen LogP contribution in [-0.2, 0) is 0 Å². The van der Waals surface area contributed by atoms with Crippen LogP contribution in [0.2, 0.25) is 0 Å². The molecule has 0 heterocycles. The van der Waals surface area contributed by atoms with Gasteiger partial charge in [0, 0.05) is 11.4 Å². The highest BCUT2D eigenvalue weighted by Crippen LogP contribution is 2.29. The fraction of sp³-hybridized carbons (Fsp3) is 0.353. The first-order valence-electron chi connectivity index (χ1n) is 7.15.